The van der Waals surface area contributed by atoms with Crippen LogP contribution in [0.5, 0.6) is 0 Å². The van der Waals surface area contributed by atoms with Crippen LogP contribution in [0.3, 0.4) is 0 Å². The highest BCUT2D eigenvalue weighted by Gasteiger charge is 2.08. The van der Waals surface area contributed by atoms with Gasteiger partial charge in [0.25, 0.3) is 5.91 Å². The zero-order chi connectivity index (χ0) is 9.14. The Bertz CT molecular complexity index is 314. The summed E-state index contributed by atoms with van der Waals surface area (Å²) in [5.41, 5.74) is 8.36. The quantitative estimate of drug-likeness (QED) is 0.286. The maximum atomic E-state index is 11.0. The molecule has 0 radical (unpaired) electrons. The van der Waals surface area contributed by atoms with Crippen LogP contribution in [0.1, 0.15) is 10.4 Å². The molecular formula is C7H8BrN3O. The van der Waals surface area contributed by atoms with Gasteiger partial charge in [-0.25, -0.2) is 5.84 Å². The van der Waals surface area contributed by atoms with Crippen LogP contribution in [0.2, 0.25) is 0 Å². The molecule has 0 aliphatic rings. The van der Waals surface area contributed by atoms with Gasteiger partial charge < -0.3 is 5.73 Å². The summed E-state index contributed by atoms with van der Waals surface area (Å²) in [5, 5.41) is 0. The van der Waals surface area contributed by atoms with Crippen molar-refractivity contribution in [3.63, 3.8) is 0 Å². The topological polar surface area (TPSA) is 81.1 Å². The first-order valence-electron chi connectivity index (χ1n) is 3.21. The van der Waals surface area contributed by atoms with Gasteiger partial charge in [0.1, 0.15) is 0 Å². The summed E-state index contributed by atoms with van der Waals surface area (Å²) in [5.74, 6) is 4.56. The van der Waals surface area contributed by atoms with Crippen molar-refractivity contribution >= 4 is 27.5 Å². The lowest BCUT2D eigenvalue weighted by atomic mass is 10.2. The molecule has 0 saturated heterocycles. The predicted molar refractivity (Wildman–Crippen MR) is 50.2 cm³/mol. The van der Waals surface area contributed by atoms with Crippen molar-refractivity contribution in [2.75, 3.05) is 5.73 Å². The largest absolute Gasteiger partial charge is 0.397 e. The van der Waals surface area contributed by atoms with Crippen molar-refractivity contribution in [2.45, 2.75) is 0 Å². The number of halogens is 1. The molecule has 0 atom stereocenters. The Hall–Kier alpha value is -1.07. The highest BCUT2D eigenvalue weighted by molar-refractivity contribution is 9.10. The second-order valence-corrected chi connectivity index (χ2v) is 3.03. The minimum atomic E-state index is -0.395. The monoisotopic (exact) mass is 229 g/mol. The Kier molecular flexibility index (Phi) is 2.67. The van der Waals surface area contributed by atoms with Gasteiger partial charge >= 0.3 is 0 Å². The molecule has 0 fully saturated rings. The second-order valence-electron chi connectivity index (χ2n) is 2.17. The van der Waals surface area contributed by atoms with Crippen molar-refractivity contribution < 1.29 is 4.79 Å². The van der Waals surface area contributed by atoms with Gasteiger partial charge in [0.05, 0.1) is 11.3 Å². The number of hydrogen-bond acceptors (Lipinski definition) is 3. The van der Waals surface area contributed by atoms with Gasteiger partial charge in [-0.2, -0.15) is 0 Å². The lowest BCUT2D eigenvalue weighted by molar-refractivity contribution is 0.0954. The number of para-hydroxylation sites is 1. The Morgan fingerprint density at radius 1 is 1.50 bits per heavy atom. The maximum absolute atomic E-state index is 11.0. The Labute approximate surface area is 78.0 Å². The average Bonchev–Trinajstić information content (AvgIpc) is 2.08. The van der Waals surface area contributed by atoms with Gasteiger partial charge in [0, 0.05) is 4.47 Å². The lowest BCUT2D eigenvalue weighted by Gasteiger charge is -2.04. The van der Waals surface area contributed by atoms with Crippen LogP contribution in [-0.2, 0) is 0 Å². The van der Waals surface area contributed by atoms with Crippen molar-refractivity contribution in [2.24, 2.45) is 5.84 Å². The first-order valence-corrected chi connectivity index (χ1v) is 4.01. The van der Waals surface area contributed by atoms with Crippen LogP contribution < -0.4 is 17.0 Å². The van der Waals surface area contributed by atoms with E-state index in [-0.39, 0.29) is 0 Å². The molecule has 0 aliphatic carbocycles. The number of hydrogen-bond donors (Lipinski definition) is 3. The van der Waals surface area contributed by atoms with E-state index in [2.05, 4.69) is 15.9 Å². The zero-order valence-electron chi connectivity index (χ0n) is 6.17. The fourth-order valence-corrected chi connectivity index (χ4v) is 1.18. The smallest absolute Gasteiger partial charge is 0.267 e. The number of hydrazine groups is 1. The van der Waals surface area contributed by atoms with E-state index in [4.69, 9.17) is 11.6 Å². The average molecular weight is 230 g/mol. The fraction of sp³-hybridized carbons (Fsp3) is 0. The van der Waals surface area contributed by atoms with E-state index in [1.165, 1.54) is 0 Å². The number of benzene rings is 1. The van der Waals surface area contributed by atoms with Crippen molar-refractivity contribution in [3.8, 4) is 0 Å². The SMILES string of the molecule is NNC(=O)c1cccc(Br)c1N. The van der Waals surface area contributed by atoms with Gasteiger partial charge in [-0.15, -0.1) is 0 Å². The van der Waals surface area contributed by atoms with Gasteiger partial charge in [0.15, 0.2) is 0 Å². The summed E-state index contributed by atoms with van der Waals surface area (Å²) in [4.78, 5) is 11.0. The van der Waals surface area contributed by atoms with Crippen LogP contribution in [-0.4, -0.2) is 5.91 Å². The van der Waals surface area contributed by atoms with Gasteiger partial charge in [-0.1, -0.05) is 6.07 Å². The van der Waals surface area contributed by atoms with E-state index >= 15 is 0 Å². The molecule has 0 unspecified atom stereocenters. The van der Waals surface area contributed by atoms with E-state index in [1.807, 2.05) is 5.43 Å². The summed E-state index contributed by atoms with van der Waals surface area (Å²) in [6, 6.07) is 5.07. The highest BCUT2D eigenvalue weighted by atomic mass is 79.9. The summed E-state index contributed by atoms with van der Waals surface area (Å²) >= 11 is 3.20. The van der Waals surface area contributed by atoms with E-state index in [0.717, 1.165) is 0 Å². The van der Waals surface area contributed by atoms with Crippen LogP contribution in [0.4, 0.5) is 5.69 Å². The Balaban J connectivity index is 3.16. The van der Waals surface area contributed by atoms with Crippen LogP contribution in [0.25, 0.3) is 0 Å². The third-order valence-corrected chi connectivity index (χ3v) is 2.12. The van der Waals surface area contributed by atoms with Gasteiger partial charge in [-0.3, -0.25) is 10.2 Å². The first-order chi connectivity index (χ1) is 5.66. The van der Waals surface area contributed by atoms with Gasteiger partial charge in [0.2, 0.25) is 0 Å². The molecule has 0 heterocycles. The molecule has 1 rings (SSSR count). The lowest BCUT2D eigenvalue weighted by Crippen LogP contribution is -2.30. The third kappa shape index (κ3) is 1.57. The molecule has 1 aromatic rings. The summed E-state index contributed by atoms with van der Waals surface area (Å²) in [7, 11) is 0. The van der Waals surface area contributed by atoms with E-state index in [9.17, 15) is 4.79 Å². The van der Waals surface area contributed by atoms with E-state index in [1.54, 1.807) is 18.2 Å². The van der Waals surface area contributed by atoms with Crippen molar-refractivity contribution in [1.82, 2.24) is 5.43 Å². The maximum Gasteiger partial charge on any atom is 0.267 e. The van der Waals surface area contributed by atoms with Crippen LogP contribution in [0.15, 0.2) is 22.7 Å². The molecule has 1 aromatic carbocycles. The number of nitrogen functional groups attached to an aromatic ring is 2. The van der Waals surface area contributed by atoms with E-state index in [0.29, 0.717) is 15.7 Å². The number of amides is 1. The number of carbonyl (C=O) groups is 1. The zero-order valence-corrected chi connectivity index (χ0v) is 7.76. The Morgan fingerprint density at radius 2 is 2.17 bits per heavy atom. The molecule has 0 aliphatic heterocycles. The first kappa shape index (κ1) is 9.02. The highest BCUT2D eigenvalue weighted by Crippen LogP contribution is 2.22. The third-order valence-electron chi connectivity index (χ3n) is 1.43. The number of nitrogens with one attached hydrogen (secondary N) is 1. The molecule has 0 spiro atoms. The minimum Gasteiger partial charge on any atom is -0.397 e. The molecular weight excluding hydrogens is 222 g/mol. The number of rotatable bonds is 1. The predicted octanol–water partition coefficient (Wildman–Crippen LogP) is 0.635. The molecule has 0 bridgehead atoms. The molecule has 5 N–H and O–H groups in total. The summed E-state index contributed by atoms with van der Waals surface area (Å²) < 4.78 is 0.684. The van der Waals surface area contributed by atoms with Crippen molar-refractivity contribution in [3.05, 3.63) is 28.2 Å². The summed E-state index contributed by atoms with van der Waals surface area (Å²) in [6.07, 6.45) is 0. The number of anilines is 1. The Morgan fingerprint density at radius 3 is 2.75 bits per heavy atom. The molecule has 4 nitrogen and oxygen atoms in total. The molecule has 0 aromatic heterocycles. The van der Waals surface area contributed by atoms with Gasteiger partial charge in [-0.05, 0) is 28.1 Å². The molecule has 1 amide bonds. The van der Waals surface area contributed by atoms with Crippen LogP contribution >= 0.6 is 15.9 Å². The van der Waals surface area contributed by atoms with E-state index < -0.39 is 5.91 Å². The fourth-order valence-electron chi connectivity index (χ4n) is 0.813. The normalized spacial score (nSPS) is 9.50. The number of carbonyl (C=O) groups excluding carboxylic acids is 1. The van der Waals surface area contributed by atoms with Crippen molar-refractivity contribution in [1.29, 1.82) is 0 Å². The minimum absolute atomic E-state index is 0.367. The molecule has 12 heavy (non-hydrogen) atoms. The molecule has 5 heteroatoms. The summed E-state index contributed by atoms with van der Waals surface area (Å²) in [6.45, 7) is 0. The second kappa shape index (κ2) is 3.55. The molecule has 64 valence electrons. The molecule has 0 saturated carbocycles. The van der Waals surface area contributed by atoms with Crippen LogP contribution in [0, 0.1) is 0 Å². The standard InChI is InChI=1S/C7H8BrN3O/c8-5-3-1-2-4(6(5)9)7(12)11-10/h1-3H,9-10H2,(H,11,12). The number of nitrogens with two attached hydrogens (primary N) is 2.